The van der Waals surface area contributed by atoms with Gasteiger partial charge in [-0.3, -0.25) is 4.79 Å². The zero-order valence-electron chi connectivity index (χ0n) is 11.6. The first kappa shape index (κ1) is 16.0. The molecule has 2 heterocycles. The average Bonchev–Trinajstić information content (AvgIpc) is 2.88. The number of fused-ring (bicyclic) bond motifs is 1. The molecule has 10 heteroatoms. The molecule has 0 spiro atoms. The molecular weight excluding hydrogens is 335 g/mol. The van der Waals surface area contributed by atoms with Crippen LogP contribution in [0.4, 0.5) is 18.3 Å². The highest BCUT2D eigenvalue weighted by atomic mass is 32.1. The predicted molar refractivity (Wildman–Crippen MR) is 77.5 cm³/mol. The lowest BCUT2D eigenvalue weighted by atomic mass is 10.2. The zero-order valence-corrected chi connectivity index (χ0v) is 12.5. The molecule has 1 aliphatic rings. The highest BCUT2D eigenvalue weighted by molar-refractivity contribution is 7.22. The van der Waals surface area contributed by atoms with E-state index in [9.17, 15) is 18.0 Å². The van der Waals surface area contributed by atoms with Gasteiger partial charge in [-0.05, 0) is 12.1 Å². The van der Waals surface area contributed by atoms with Gasteiger partial charge in [-0.2, -0.15) is 0 Å². The standard InChI is InChI=1S/C13H12F3N3O3S/c14-13(15,16)22-7-1-2-8-10(5-7)23-12(18-8)19-11(20)9-6-21-4-3-17-9/h1-2,5,9,17H,3-4,6H2,(H,18,19,20). The van der Waals surface area contributed by atoms with Crippen LogP contribution in [0.25, 0.3) is 10.2 Å². The molecule has 1 amide bonds. The second-order valence-corrected chi connectivity index (χ2v) is 5.80. The molecule has 1 aromatic carbocycles. The molecule has 1 unspecified atom stereocenters. The van der Waals surface area contributed by atoms with Crippen LogP contribution in [-0.4, -0.2) is 43.1 Å². The predicted octanol–water partition coefficient (Wildman–Crippen LogP) is 2.12. The third-order valence-electron chi connectivity index (χ3n) is 3.06. The molecule has 1 saturated heterocycles. The highest BCUT2D eigenvalue weighted by Gasteiger charge is 2.31. The average molecular weight is 347 g/mol. The van der Waals surface area contributed by atoms with Crippen molar-refractivity contribution in [3.8, 4) is 5.75 Å². The Bertz CT molecular complexity index is 713. The Balaban J connectivity index is 1.73. The van der Waals surface area contributed by atoms with E-state index in [2.05, 4.69) is 20.4 Å². The highest BCUT2D eigenvalue weighted by Crippen LogP contribution is 2.31. The summed E-state index contributed by atoms with van der Waals surface area (Å²) in [7, 11) is 0. The molecule has 1 fully saturated rings. The molecule has 0 aliphatic carbocycles. The normalized spacial score (nSPS) is 18.8. The fraction of sp³-hybridized carbons (Fsp3) is 0.385. The molecule has 0 bridgehead atoms. The lowest BCUT2D eigenvalue weighted by Crippen LogP contribution is -2.48. The molecule has 124 valence electrons. The van der Waals surface area contributed by atoms with Crippen molar-refractivity contribution in [3.05, 3.63) is 18.2 Å². The number of carbonyl (C=O) groups excluding carboxylic acids is 1. The van der Waals surface area contributed by atoms with Crippen molar-refractivity contribution in [2.45, 2.75) is 12.4 Å². The van der Waals surface area contributed by atoms with Crippen molar-refractivity contribution in [3.63, 3.8) is 0 Å². The third kappa shape index (κ3) is 4.09. The van der Waals surface area contributed by atoms with Gasteiger partial charge in [0.25, 0.3) is 0 Å². The summed E-state index contributed by atoms with van der Waals surface area (Å²) in [6, 6.07) is 3.35. The van der Waals surface area contributed by atoms with Gasteiger partial charge in [-0.25, -0.2) is 4.98 Å². The summed E-state index contributed by atoms with van der Waals surface area (Å²) in [6.45, 7) is 1.39. The summed E-state index contributed by atoms with van der Waals surface area (Å²) in [5.41, 5.74) is 0.479. The van der Waals surface area contributed by atoms with Gasteiger partial charge in [0.1, 0.15) is 11.8 Å². The molecule has 1 atom stereocenters. The molecule has 1 aromatic heterocycles. The van der Waals surface area contributed by atoms with Gasteiger partial charge in [-0.15, -0.1) is 13.2 Å². The number of carbonyl (C=O) groups is 1. The van der Waals surface area contributed by atoms with E-state index in [1.54, 1.807) is 0 Å². The van der Waals surface area contributed by atoms with Crippen LogP contribution in [0.1, 0.15) is 0 Å². The zero-order chi connectivity index (χ0) is 16.4. The largest absolute Gasteiger partial charge is 0.573 e. The molecule has 6 nitrogen and oxygen atoms in total. The van der Waals surface area contributed by atoms with Crippen LogP contribution < -0.4 is 15.4 Å². The Kier molecular flexibility index (Phi) is 4.37. The quantitative estimate of drug-likeness (QED) is 0.890. The van der Waals surface area contributed by atoms with Crippen molar-refractivity contribution in [1.29, 1.82) is 0 Å². The Morgan fingerprint density at radius 3 is 3.00 bits per heavy atom. The van der Waals surface area contributed by atoms with Crippen LogP contribution in [0.2, 0.25) is 0 Å². The lowest BCUT2D eigenvalue weighted by Gasteiger charge is -2.22. The summed E-state index contributed by atoms with van der Waals surface area (Å²) in [6.07, 6.45) is -4.75. The van der Waals surface area contributed by atoms with Gasteiger partial charge in [0.05, 0.1) is 23.4 Å². The molecule has 1 aliphatic heterocycles. The van der Waals surface area contributed by atoms with Crippen LogP contribution in [-0.2, 0) is 9.53 Å². The maximum Gasteiger partial charge on any atom is 0.573 e. The number of morpholine rings is 1. The number of halogens is 3. The fourth-order valence-electron chi connectivity index (χ4n) is 2.08. The van der Waals surface area contributed by atoms with E-state index in [1.807, 2.05) is 0 Å². The van der Waals surface area contributed by atoms with E-state index in [0.29, 0.717) is 28.5 Å². The van der Waals surface area contributed by atoms with Gasteiger partial charge in [0, 0.05) is 12.6 Å². The summed E-state index contributed by atoms with van der Waals surface area (Å²) in [5, 5.41) is 5.94. The molecule has 23 heavy (non-hydrogen) atoms. The van der Waals surface area contributed by atoms with Gasteiger partial charge < -0.3 is 20.1 Å². The number of anilines is 1. The smallest absolute Gasteiger partial charge is 0.406 e. The summed E-state index contributed by atoms with van der Waals surface area (Å²) in [4.78, 5) is 16.2. The number of ether oxygens (including phenoxy) is 2. The Morgan fingerprint density at radius 2 is 2.30 bits per heavy atom. The second kappa shape index (κ2) is 6.30. The molecule has 3 rings (SSSR count). The monoisotopic (exact) mass is 347 g/mol. The number of nitrogens with one attached hydrogen (secondary N) is 2. The first-order valence-electron chi connectivity index (χ1n) is 6.69. The lowest BCUT2D eigenvalue weighted by molar-refractivity contribution is -0.274. The summed E-state index contributed by atoms with van der Waals surface area (Å²) < 4.78 is 46.2. The van der Waals surface area contributed by atoms with Crippen molar-refractivity contribution < 1.29 is 27.4 Å². The Hall–Kier alpha value is -1.91. The number of aromatic nitrogens is 1. The van der Waals surface area contributed by atoms with Crippen LogP contribution in [0.3, 0.4) is 0 Å². The van der Waals surface area contributed by atoms with E-state index in [-0.39, 0.29) is 18.3 Å². The number of rotatable bonds is 3. The van der Waals surface area contributed by atoms with Crippen molar-refractivity contribution in [1.82, 2.24) is 10.3 Å². The van der Waals surface area contributed by atoms with E-state index in [1.165, 1.54) is 18.2 Å². The first-order chi connectivity index (χ1) is 10.9. The van der Waals surface area contributed by atoms with Crippen molar-refractivity contribution in [2.75, 3.05) is 25.1 Å². The first-order valence-corrected chi connectivity index (χ1v) is 7.51. The van der Waals surface area contributed by atoms with Crippen LogP contribution in [0.5, 0.6) is 5.75 Å². The summed E-state index contributed by atoms with van der Waals surface area (Å²) in [5.74, 6) is -0.621. The number of nitrogens with zero attached hydrogens (tertiary/aromatic N) is 1. The molecular formula is C13H12F3N3O3S. The Labute approximate surface area is 132 Å². The topological polar surface area (TPSA) is 72.5 Å². The SMILES string of the molecule is O=C(Nc1nc2ccc(OC(F)(F)F)cc2s1)C1COCCN1. The minimum atomic E-state index is -4.75. The second-order valence-electron chi connectivity index (χ2n) is 4.77. The molecule has 2 N–H and O–H groups in total. The van der Waals surface area contributed by atoms with E-state index >= 15 is 0 Å². The fourth-order valence-corrected chi connectivity index (χ4v) is 2.98. The number of amides is 1. The molecule has 0 saturated carbocycles. The molecule has 0 radical (unpaired) electrons. The van der Waals surface area contributed by atoms with Crippen LogP contribution in [0.15, 0.2) is 18.2 Å². The van der Waals surface area contributed by atoms with Crippen molar-refractivity contribution in [2.24, 2.45) is 0 Å². The number of hydrogen-bond donors (Lipinski definition) is 2. The van der Waals surface area contributed by atoms with Gasteiger partial charge in [0.15, 0.2) is 5.13 Å². The number of thiazole rings is 1. The Morgan fingerprint density at radius 1 is 1.48 bits per heavy atom. The number of hydrogen-bond acceptors (Lipinski definition) is 6. The van der Waals surface area contributed by atoms with E-state index in [0.717, 1.165) is 11.3 Å². The van der Waals surface area contributed by atoms with Gasteiger partial charge in [0.2, 0.25) is 5.91 Å². The summed E-state index contributed by atoms with van der Waals surface area (Å²) >= 11 is 1.07. The minimum absolute atomic E-state index is 0.264. The van der Waals surface area contributed by atoms with E-state index in [4.69, 9.17) is 4.74 Å². The maximum atomic E-state index is 12.2. The number of alkyl halides is 3. The third-order valence-corrected chi connectivity index (χ3v) is 4.00. The number of benzene rings is 1. The van der Waals surface area contributed by atoms with Crippen molar-refractivity contribution >= 4 is 32.6 Å². The van der Waals surface area contributed by atoms with Gasteiger partial charge in [-0.1, -0.05) is 11.3 Å². The van der Waals surface area contributed by atoms with Crippen LogP contribution in [0, 0.1) is 0 Å². The maximum absolute atomic E-state index is 12.2. The minimum Gasteiger partial charge on any atom is -0.406 e. The van der Waals surface area contributed by atoms with E-state index < -0.39 is 12.4 Å². The van der Waals surface area contributed by atoms with Crippen LogP contribution >= 0.6 is 11.3 Å². The van der Waals surface area contributed by atoms with Gasteiger partial charge >= 0.3 is 6.36 Å². The molecule has 2 aromatic rings.